The van der Waals surface area contributed by atoms with Crippen LogP contribution in [-0.2, 0) is 9.53 Å². The number of carboxylic acid groups (broad SMARTS) is 1. The Bertz CT molecular complexity index is 72.1. The van der Waals surface area contributed by atoms with Crippen molar-refractivity contribution in [2.75, 3.05) is 6.61 Å². The number of aliphatic hydroxyl groups excluding tert-OH is 1. The molecule has 2 N–H and O–H groups in total. The molecular weight excluding hydrogens is 112 g/mol. The quantitative estimate of drug-likeness (QED) is 0.420. The van der Waals surface area contributed by atoms with Crippen molar-refractivity contribution >= 4 is 5.97 Å². The zero-order chi connectivity index (χ0) is 6.57. The van der Waals surface area contributed by atoms with Crippen molar-refractivity contribution in [3.05, 3.63) is 0 Å². The molecule has 0 aromatic rings. The monoisotopic (exact) mass is 120 g/mol. The first kappa shape index (κ1) is 7.39. The van der Waals surface area contributed by atoms with Crippen LogP contribution in [0.15, 0.2) is 0 Å². The fourth-order valence-electron chi connectivity index (χ4n) is 0.0430. The normalized spacial score (nSPS) is 23.0. The van der Waals surface area contributed by atoms with Crippen molar-refractivity contribution in [3.63, 3.8) is 0 Å². The third-order valence-corrected chi connectivity index (χ3v) is 0.316. The lowest BCUT2D eigenvalue weighted by Crippen LogP contribution is -1.78. The van der Waals surface area contributed by atoms with E-state index in [9.17, 15) is 0 Å². The van der Waals surface area contributed by atoms with Crippen molar-refractivity contribution in [1.82, 2.24) is 0 Å². The lowest BCUT2D eigenvalue weighted by Gasteiger charge is -1.59. The molecule has 0 radical (unpaired) electrons. The highest BCUT2D eigenvalue weighted by molar-refractivity contribution is 5.62. The van der Waals surface area contributed by atoms with E-state index in [2.05, 4.69) is 4.74 Å². The number of aliphatic carboxylic acids is 1. The van der Waals surface area contributed by atoms with Crippen LogP contribution in [0.4, 0.5) is 0 Å². The van der Waals surface area contributed by atoms with E-state index in [0.29, 0.717) is 6.61 Å². The minimum absolute atomic E-state index is 0.417. The molecule has 1 aliphatic heterocycles. The van der Waals surface area contributed by atoms with Gasteiger partial charge in [-0.15, -0.1) is 0 Å². The van der Waals surface area contributed by atoms with Gasteiger partial charge >= 0.3 is 0 Å². The third-order valence-electron chi connectivity index (χ3n) is 0.316. The Morgan fingerprint density at radius 3 is 2.00 bits per heavy atom. The van der Waals surface area contributed by atoms with Gasteiger partial charge < -0.3 is 14.9 Å². The summed E-state index contributed by atoms with van der Waals surface area (Å²) in [7, 11) is 0. The molecule has 48 valence electrons. The Kier molecular flexibility index (Phi) is 3.14. The van der Waals surface area contributed by atoms with E-state index in [4.69, 9.17) is 15.0 Å². The number of ether oxygens (including phenoxy) is 1. The van der Waals surface area contributed by atoms with Gasteiger partial charge in [-0.2, -0.15) is 0 Å². The molecular formula is C4H8O4. The van der Waals surface area contributed by atoms with Crippen LogP contribution in [-0.4, -0.2) is 29.1 Å². The second kappa shape index (κ2) is 3.40. The first-order chi connectivity index (χ1) is 3.63. The number of aliphatic hydroxyl groups is 1. The maximum absolute atomic E-state index is 9.00. The smallest absolute Gasteiger partial charge is 0.300 e. The van der Waals surface area contributed by atoms with Gasteiger partial charge in [-0.05, 0) is 0 Å². The second-order valence-corrected chi connectivity index (χ2v) is 1.31. The Balaban J connectivity index is 0.000000122. The van der Waals surface area contributed by atoms with Crippen LogP contribution in [0.2, 0.25) is 0 Å². The van der Waals surface area contributed by atoms with Crippen molar-refractivity contribution in [1.29, 1.82) is 0 Å². The van der Waals surface area contributed by atoms with Gasteiger partial charge in [-0.1, -0.05) is 0 Å². The number of carboxylic acids is 1. The summed E-state index contributed by atoms with van der Waals surface area (Å²) in [5.41, 5.74) is 0. The minimum atomic E-state index is -0.833. The molecule has 1 fully saturated rings. The number of hydrogen-bond donors (Lipinski definition) is 2. The molecule has 8 heavy (non-hydrogen) atoms. The molecule has 0 aromatic carbocycles. The van der Waals surface area contributed by atoms with Crippen LogP contribution >= 0.6 is 0 Å². The Hall–Kier alpha value is -0.610. The molecule has 1 aliphatic rings. The Labute approximate surface area is 46.7 Å². The molecule has 0 amide bonds. The minimum Gasteiger partial charge on any atom is -0.481 e. The van der Waals surface area contributed by atoms with Gasteiger partial charge in [-0.25, -0.2) is 0 Å². The molecule has 0 spiro atoms. The highest BCUT2D eigenvalue weighted by Crippen LogP contribution is 2.00. The van der Waals surface area contributed by atoms with Crippen LogP contribution in [0.1, 0.15) is 6.92 Å². The summed E-state index contributed by atoms with van der Waals surface area (Å²) in [5, 5.41) is 15.4. The van der Waals surface area contributed by atoms with Crippen molar-refractivity contribution in [2.24, 2.45) is 0 Å². The van der Waals surface area contributed by atoms with Gasteiger partial charge in [0, 0.05) is 6.92 Å². The predicted molar refractivity (Wildman–Crippen MR) is 25.3 cm³/mol. The lowest BCUT2D eigenvalue weighted by atomic mass is 10.9. The van der Waals surface area contributed by atoms with Crippen LogP contribution in [0.3, 0.4) is 0 Å². The maximum Gasteiger partial charge on any atom is 0.300 e. The molecule has 1 heterocycles. The Morgan fingerprint density at radius 1 is 1.88 bits per heavy atom. The van der Waals surface area contributed by atoms with E-state index in [1.807, 2.05) is 0 Å². The summed E-state index contributed by atoms with van der Waals surface area (Å²) in [5.74, 6) is -0.833. The first-order valence-electron chi connectivity index (χ1n) is 2.12. The largest absolute Gasteiger partial charge is 0.481 e. The summed E-state index contributed by atoms with van der Waals surface area (Å²) in [6.45, 7) is 1.62. The molecule has 1 unspecified atom stereocenters. The van der Waals surface area contributed by atoms with Crippen molar-refractivity contribution in [2.45, 2.75) is 13.2 Å². The van der Waals surface area contributed by atoms with E-state index in [1.165, 1.54) is 0 Å². The number of epoxide rings is 1. The highest BCUT2D eigenvalue weighted by Gasteiger charge is 2.16. The highest BCUT2D eigenvalue weighted by atomic mass is 16.7. The van der Waals surface area contributed by atoms with Gasteiger partial charge in [-0.3, -0.25) is 4.79 Å². The van der Waals surface area contributed by atoms with Gasteiger partial charge in [0.05, 0.1) is 0 Å². The predicted octanol–water partition coefficient (Wildman–Crippen LogP) is -0.574. The number of hydrogen-bond acceptors (Lipinski definition) is 3. The number of rotatable bonds is 0. The molecule has 0 aliphatic carbocycles. The second-order valence-electron chi connectivity index (χ2n) is 1.31. The molecule has 4 nitrogen and oxygen atoms in total. The first-order valence-corrected chi connectivity index (χ1v) is 2.12. The molecule has 0 aromatic heterocycles. The van der Waals surface area contributed by atoms with Gasteiger partial charge in [0.2, 0.25) is 0 Å². The van der Waals surface area contributed by atoms with Crippen LogP contribution in [0, 0.1) is 0 Å². The van der Waals surface area contributed by atoms with Gasteiger partial charge in [0.1, 0.15) is 6.61 Å². The topological polar surface area (TPSA) is 70.1 Å². The lowest BCUT2D eigenvalue weighted by molar-refractivity contribution is -0.134. The SMILES string of the molecule is CC(=O)O.OC1CO1. The molecule has 4 heteroatoms. The van der Waals surface area contributed by atoms with Crippen LogP contribution in [0.25, 0.3) is 0 Å². The summed E-state index contributed by atoms with van der Waals surface area (Å²) in [4.78, 5) is 9.00. The zero-order valence-electron chi connectivity index (χ0n) is 4.50. The molecule has 0 saturated carbocycles. The molecule has 0 bridgehead atoms. The molecule has 1 rings (SSSR count). The molecule has 1 atom stereocenters. The van der Waals surface area contributed by atoms with Crippen molar-refractivity contribution < 1.29 is 19.7 Å². The summed E-state index contributed by atoms with van der Waals surface area (Å²) < 4.78 is 4.26. The summed E-state index contributed by atoms with van der Waals surface area (Å²) in [6, 6.07) is 0. The van der Waals surface area contributed by atoms with Crippen molar-refractivity contribution in [3.8, 4) is 0 Å². The fraction of sp³-hybridized carbons (Fsp3) is 0.750. The fourth-order valence-corrected chi connectivity index (χ4v) is 0.0430. The van der Waals surface area contributed by atoms with Gasteiger partial charge in [0.15, 0.2) is 6.29 Å². The Morgan fingerprint density at radius 2 is 2.00 bits per heavy atom. The number of carbonyl (C=O) groups is 1. The van der Waals surface area contributed by atoms with Crippen LogP contribution in [0.5, 0.6) is 0 Å². The van der Waals surface area contributed by atoms with Crippen LogP contribution < -0.4 is 0 Å². The third kappa shape index (κ3) is 18.2. The zero-order valence-corrected chi connectivity index (χ0v) is 4.50. The average molecular weight is 120 g/mol. The summed E-state index contributed by atoms with van der Waals surface area (Å²) in [6.07, 6.45) is -0.417. The molecule has 1 saturated heterocycles. The van der Waals surface area contributed by atoms with E-state index in [1.54, 1.807) is 0 Å². The maximum atomic E-state index is 9.00. The van der Waals surface area contributed by atoms with E-state index < -0.39 is 12.3 Å². The average Bonchev–Trinajstić information content (AvgIpc) is 2.19. The summed E-state index contributed by atoms with van der Waals surface area (Å²) >= 11 is 0. The van der Waals surface area contributed by atoms with Gasteiger partial charge in [0.25, 0.3) is 5.97 Å². The van der Waals surface area contributed by atoms with E-state index in [0.717, 1.165) is 6.92 Å². The standard InChI is InChI=1S/2C2H4O2/c3-2-1-4-2;1-2(3)4/h2-3H,1H2;1H3,(H,3,4). The van der Waals surface area contributed by atoms with E-state index in [-0.39, 0.29) is 0 Å². The van der Waals surface area contributed by atoms with E-state index >= 15 is 0 Å².